The van der Waals surface area contributed by atoms with Gasteiger partial charge in [-0.25, -0.2) is 0 Å². The number of halogens is 1. The third-order valence-corrected chi connectivity index (χ3v) is 6.19. The lowest BCUT2D eigenvalue weighted by atomic mass is 9.98. The van der Waals surface area contributed by atoms with E-state index in [0.29, 0.717) is 12.5 Å². The van der Waals surface area contributed by atoms with Gasteiger partial charge in [-0.15, -0.1) is 0 Å². The van der Waals surface area contributed by atoms with E-state index in [9.17, 15) is 4.79 Å². The minimum atomic E-state index is 0. The molecular formula is C24H33BrN2O. The molecule has 0 spiro atoms. The van der Waals surface area contributed by atoms with Crippen molar-refractivity contribution in [3.05, 3.63) is 65.2 Å². The number of piperidine rings is 1. The van der Waals surface area contributed by atoms with Crippen molar-refractivity contribution in [2.75, 3.05) is 25.0 Å². The summed E-state index contributed by atoms with van der Waals surface area (Å²) < 4.78 is 1.03. The quantitative estimate of drug-likeness (QED) is 0.497. The number of hydrogen-bond donors (Lipinski definition) is 1. The molecule has 0 aromatic heterocycles. The average molecular weight is 445 g/mol. The Morgan fingerprint density at radius 1 is 0.964 bits per heavy atom. The lowest BCUT2D eigenvalue weighted by Gasteiger charge is -2.47. The van der Waals surface area contributed by atoms with Crippen LogP contribution >= 0.6 is 0 Å². The number of para-hydroxylation sites is 1. The third-order valence-electron chi connectivity index (χ3n) is 6.19. The zero-order valence-electron chi connectivity index (χ0n) is 17.2. The van der Waals surface area contributed by atoms with Crippen molar-refractivity contribution in [2.45, 2.75) is 52.1 Å². The van der Waals surface area contributed by atoms with Crippen LogP contribution in [0.5, 0.6) is 0 Å². The second-order valence-corrected chi connectivity index (χ2v) is 8.07. The van der Waals surface area contributed by atoms with Gasteiger partial charge < -0.3 is 31.6 Å². The number of aldehydes is 1. The van der Waals surface area contributed by atoms with Crippen LogP contribution in [0.3, 0.4) is 0 Å². The molecule has 1 aliphatic rings. The summed E-state index contributed by atoms with van der Waals surface area (Å²) in [6.07, 6.45) is 5.56. The van der Waals surface area contributed by atoms with Crippen molar-refractivity contribution in [3.63, 3.8) is 0 Å². The van der Waals surface area contributed by atoms with Crippen molar-refractivity contribution in [1.29, 1.82) is 0 Å². The number of likely N-dealkylation sites (tertiary alicyclic amines) is 1. The summed E-state index contributed by atoms with van der Waals surface area (Å²) in [5.74, 6) is 0. The molecule has 0 saturated carbocycles. The fourth-order valence-corrected chi connectivity index (χ4v) is 4.67. The maximum atomic E-state index is 11.6. The van der Waals surface area contributed by atoms with Crippen LogP contribution < -0.4 is 22.3 Å². The standard InChI is InChI=1S/C24H33N2O.BrH/c1-20-10-9-11-21(2)24(20)25-18-23(14-17-27)26(15-7-4-8-16-26)19-22-12-5-3-6-13-22;/h3,5-6,9-13,17,23,25H,4,7-8,14-16,18-19H2,1-2H3;1H/q+1;/p-1/t23-;/m0./s1. The molecule has 3 nitrogen and oxygen atoms in total. The van der Waals surface area contributed by atoms with Gasteiger partial charge in [-0.1, -0.05) is 48.5 Å². The van der Waals surface area contributed by atoms with E-state index in [1.807, 2.05) is 0 Å². The van der Waals surface area contributed by atoms with E-state index >= 15 is 0 Å². The Morgan fingerprint density at radius 3 is 2.21 bits per heavy atom. The van der Waals surface area contributed by atoms with Crippen LogP contribution in [0.25, 0.3) is 0 Å². The minimum Gasteiger partial charge on any atom is -1.00 e. The molecular weight excluding hydrogens is 412 g/mol. The summed E-state index contributed by atoms with van der Waals surface area (Å²) in [7, 11) is 0. The van der Waals surface area contributed by atoms with Crippen LogP contribution in [0, 0.1) is 13.8 Å². The third kappa shape index (κ3) is 5.45. The largest absolute Gasteiger partial charge is 1.00 e. The molecule has 2 aromatic carbocycles. The molecule has 1 atom stereocenters. The first kappa shape index (κ1) is 22.6. The molecule has 1 saturated heterocycles. The van der Waals surface area contributed by atoms with Gasteiger partial charge in [0.15, 0.2) is 0 Å². The molecule has 3 rings (SSSR count). The number of quaternary nitrogens is 1. The van der Waals surface area contributed by atoms with E-state index in [-0.39, 0.29) is 17.0 Å². The fourth-order valence-electron chi connectivity index (χ4n) is 4.67. The number of hydrogen-bond acceptors (Lipinski definition) is 2. The lowest BCUT2D eigenvalue weighted by Crippen LogP contribution is -3.00. The normalized spacial score (nSPS) is 16.6. The van der Waals surface area contributed by atoms with Crippen LogP contribution in [0.15, 0.2) is 48.5 Å². The zero-order chi connectivity index (χ0) is 19.1. The molecule has 1 N–H and O–H groups in total. The summed E-state index contributed by atoms with van der Waals surface area (Å²) >= 11 is 0. The Morgan fingerprint density at radius 2 is 1.61 bits per heavy atom. The van der Waals surface area contributed by atoms with Crippen LogP contribution in [0.2, 0.25) is 0 Å². The van der Waals surface area contributed by atoms with Gasteiger partial charge in [0.1, 0.15) is 18.9 Å². The van der Waals surface area contributed by atoms with Crippen LogP contribution in [0.4, 0.5) is 5.69 Å². The molecule has 2 aromatic rings. The van der Waals surface area contributed by atoms with Crippen LogP contribution in [-0.2, 0) is 11.3 Å². The smallest absolute Gasteiger partial charge is 0.125 e. The van der Waals surface area contributed by atoms with Crippen molar-refractivity contribution in [2.24, 2.45) is 0 Å². The Balaban J connectivity index is 0.00000280. The molecule has 0 radical (unpaired) electrons. The first-order valence-electron chi connectivity index (χ1n) is 10.3. The maximum Gasteiger partial charge on any atom is 0.125 e. The van der Waals surface area contributed by atoms with Gasteiger partial charge in [0, 0.05) is 11.3 Å². The van der Waals surface area contributed by atoms with Crippen molar-refractivity contribution < 1.29 is 26.3 Å². The van der Waals surface area contributed by atoms with Gasteiger partial charge in [-0.3, -0.25) is 0 Å². The maximum absolute atomic E-state index is 11.6. The molecule has 1 fully saturated rings. The number of anilines is 1. The van der Waals surface area contributed by atoms with Crippen molar-refractivity contribution >= 4 is 12.0 Å². The number of nitrogens with one attached hydrogen (secondary N) is 1. The second kappa shape index (κ2) is 10.8. The Hall–Kier alpha value is -1.65. The number of carbonyl (C=O) groups is 1. The Kier molecular flexibility index (Phi) is 8.71. The molecule has 4 heteroatoms. The molecule has 152 valence electrons. The highest BCUT2D eigenvalue weighted by molar-refractivity contribution is 5.57. The fraction of sp³-hybridized carbons (Fsp3) is 0.458. The van der Waals surface area contributed by atoms with Gasteiger partial charge in [0.05, 0.1) is 26.1 Å². The van der Waals surface area contributed by atoms with Gasteiger partial charge in [0.2, 0.25) is 0 Å². The molecule has 0 amide bonds. The Labute approximate surface area is 180 Å². The predicted octanol–water partition coefficient (Wildman–Crippen LogP) is 1.88. The topological polar surface area (TPSA) is 29.1 Å². The summed E-state index contributed by atoms with van der Waals surface area (Å²) in [6.45, 7) is 8.51. The van der Waals surface area contributed by atoms with Gasteiger partial charge >= 0.3 is 0 Å². The second-order valence-electron chi connectivity index (χ2n) is 8.07. The van der Waals surface area contributed by atoms with Crippen molar-refractivity contribution in [3.8, 4) is 0 Å². The number of rotatable bonds is 8. The van der Waals surface area contributed by atoms with Gasteiger partial charge in [-0.05, 0) is 44.2 Å². The molecule has 0 bridgehead atoms. The SMILES string of the molecule is Cc1cccc(C)c1NC[C@H](CC=O)[N+]1(Cc2ccccc2)CCCCC1.[Br-]. The average Bonchev–Trinajstić information content (AvgIpc) is 2.68. The number of carbonyl (C=O) groups excluding carboxylic acids is 1. The van der Waals surface area contributed by atoms with E-state index in [4.69, 9.17) is 0 Å². The summed E-state index contributed by atoms with van der Waals surface area (Å²) in [6, 6.07) is 17.5. The first-order chi connectivity index (χ1) is 13.1. The van der Waals surface area contributed by atoms with Gasteiger partial charge in [-0.2, -0.15) is 0 Å². The molecule has 0 aliphatic carbocycles. The van der Waals surface area contributed by atoms with E-state index in [1.165, 1.54) is 54.7 Å². The van der Waals surface area contributed by atoms with E-state index in [2.05, 4.69) is 67.7 Å². The number of benzene rings is 2. The first-order valence-corrected chi connectivity index (χ1v) is 10.3. The monoisotopic (exact) mass is 444 g/mol. The highest BCUT2D eigenvalue weighted by Crippen LogP contribution is 2.29. The van der Waals surface area contributed by atoms with E-state index < -0.39 is 0 Å². The molecule has 0 unspecified atom stereocenters. The van der Waals surface area contributed by atoms with Gasteiger partial charge in [0.25, 0.3) is 0 Å². The zero-order valence-corrected chi connectivity index (χ0v) is 18.7. The molecule has 1 aliphatic heterocycles. The summed E-state index contributed by atoms with van der Waals surface area (Å²) in [5, 5.41) is 3.70. The minimum absolute atomic E-state index is 0. The number of nitrogens with zero attached hydrogens (tertiary/aromatic N) is 1. The highest BCUT2D eigenvalue weighted by Gasteiger charge is 2.38. The predicted molar refractivity (Wildman–Crippen MR) is 113 cm³/mol. The van der Waals surface area contributed by atoms with Crippen LogP contribution in [0.1, 0.15) is 42.4 Å². The Bertz CT molecular complexity index is 721. The van der Waals surface area contributed by atoms with E-state index in [1.54, 1.807) is 0 Å². The summed E-state index contributed by atoms with van der Waals surface area (Å²) in [5.41, 5.74) is 5.15. The molecule has 28 heavy (non-hydrogen) atoms. The van der Waals surface area contributed by atoms with E-state index in [0.717, 1.165) is 23.9 Å². The molecule has 1 heterocycles. The number of aryl methyl sites for hydroxylation is 2. The summed E-state index contributed by atoms with van der Waals surface area (Å²) in [4.78, 5) is 11.6. The highest BCUT2D eigenvalue weighted by atomic mass is 79.9. The van der Waals surface area contributed by atoms with Crippen LogP contribution in [-0.4, -0.2) is 36.4 Å². The van der Waals surface area contributed by atoms with Crippen molar-refractivity contribution in [1.82, 2.24) is 0 Å². The lowest BCUT2D eigenvalue weighted by molar-refractivity contribution is -0.965.